The molecule has 0 atom stereocenters. The Morgan fingerprint density at radius 2 is 2.08 bits per heavy atom. The Morgan fingerprint density at radius 1 is 1.27 bits per heavy atom. The second-order valence-electron chi connectivity index (χ2n) is 5.80. The number of nitrogens with one attached hydrogen (secondary N) is 1. The molecule has 0 saturated heterocycles. The highest BCUT2D eigenvalue weighted by Gasteiger charge is 2.19. The number of ether oxygens (including phenoxy) is 2. The van der Waals surface area contributed by atoms with Gasteiger partial charge in [-0.05, 0) is 31.2 Å². The molecule has 2 heterocycles. The number of pyridine rings is 1. The van der Waals surface area contributed by atoms with Crippen LogP contribution in [0.4, 0.5) is 11.4 Å². The molecule has 8 heteroatoms. The molecule has 0 radical (unpaired) electrons. The van der Waals surface area contributed by atoms with Crippen LogP contribution in [0.5, 0.6) is 5.75 Å². The molecule has 3 rings (SSSR count). The Bertz CT molecular complexity index is 933. The molecule has 26 heavy (non-hydrogen) atoms. The zero-order valence-corrected chi connectivity index (χ0v) is 15.1. The highest BCUT2D eigenvalue weighted by atomic mass is 16.5. The molecule has 0 aliphatic carbocycles. The Hall–Kier alpha value is -3.00. The molecule has 0 aliphatic heterocycles. The van der Waals surface area contributed by atoms with Crippen LogP contribution in [0.2, 0.25) is 0 Å². The lowest BCUT2D eigenvalue weighted by Gasteiger charge is -2.14. The van der Waals surface area contributed by atoms with Crippen molar-refractivity contribution in [3.8, 4) is 16.9 Å². The molecule has 1 N–H and O–H groups in total. The van der Waals surface area contributed by atoms with Crippen molar-refractivity contribution < 1.29 is 14.0 Å². The van der Waals surface area contributed by atoms with E-state index in [0.717, 1.165) is 22.2 Å². The van der Waals surface area contributed by atoms with Crippen LogP contribution < -0.4 is 10.1 Å². The summed E-state index contributed by atoms with van der Waals surface area (Å²) in [6.45, 7) is 4.76. The number of nitroso groups, excluding NO2 is 1. The second-order valence-corrected chi connectivity index (χ2v) is 5.80. The number of methoxy groups -OCH3 is 2. The van der Waals surface area contributed by atoms with Crippen molar-refractivity contribution >= 4 is 22.3 Å². The first-order valence-electron chi connectivity index (χ1n) is 8.10. The first kappa shape index (κ1) is 17.8. The van der Waals surface area contributed by atoms with Crippen LogP contribution in [0.3, 0.4) is 0 Å². The molecule has 0 unspecified atom stereocenters. The summed E-state index contributed by atoms with van der Waals surface area (Å²) in [7, 11) is 3.21. The predicted molar refractivity (Wildman–Crippen MR) is 99.1 cm³/mol. The maximum Gasteiger partial charge on any atom is 0.149 e. The summed E-state index contributed by atoms with van der Waals surface area (Å²) in [5, 5.41) is 11.0. The molecule has 3 aromatic rings. The first-order chi connectivity index (χ1) is 12.6. The van der Waals surface area contributed by atoms with E-state index in [4.69, 9.17) is 14.0 Å². The quantitative estimate of drug-likeness (QED) is 0.505. The van der Waals surface area contributed by atoms with Gasteiger partial charge in [-0.2, -0.15) is 0 Å². The SMILES string of the molecule is COCCNc1c(N=O)cnc2cc(-c3c(C)noc3C)c(OC)cc12. The monoisotopic (exact) mass is 356 g/mol. The molecule has 0 spiro atoms. The molecule has 0 saturated carbocycles. The van der Waals surface area contributed by atoms with Crippen LogP contribution in [0.15, 0.2) is 28.0 Å². The maximum atomic E-state index is 11.2. The molecule has 0 fully saturated rings. The van der Waals surface area contributed by atoms with Gasteiger partial charge in [0.2, 0.25) is 0 Å². The molecule has 136 valence electrons. The number of nitrogens with zero attached hydrogens (tertiary/aromatic N) is 3. The Kier molecular flexibility index (Phi) is 5.13. The lowest BCUT2D eigenvalue weighted by molar-refractivity contribution is 0.211. The van der Waals surface area contributed by atoms with Gasteiger partial charge in [0.1, 0.15) is 17.2 Å². The van der Waals surface area contributed by atoms with Crippen molar-refractivity contribution in [2.24, 2.45) is 5.18 Å². The standard InChI is InChI=1S/C18H20N4O4/c1-10-17(11(2)26-22-10)13-7-14-12(8-16(13)25-4)18(19-5-6-24-3)15(21-23)9-20-14/h7-9H,5-6H2,1-4H3,(H,19,20). The highest BCUT2D eigenvalue weighted by molar-refractivity contribution is 6.00. The maximum absolute atomic E-state index is 11.2. The Balaban J connectivity index is 2.22. The Morgan fingerprint density at radius 3 is 2.69 bits per heavy atom. The van der Waals surface area contributed by atoms with Gasteiger partial charge < -0.3 is 19.3 Å². The van der Waals surface area contributed by atoms with E-state index in [1.165, 1.54) is 6.20 Å². The van der Waals surface area contributed by atoms with E-state index in [-0.39, 0.29) is 5.69 Å². The van der Waals surface area contributed by atoms with Gasteiger partial charge in [-0.3, -0.25) is 4.98 Å². The number of fused-ring (bicyclic) bond motifs is 1. The van der Waals surface area contributed by atoms with Gasteiger partial charge in [0.15, 0.2) is 0 Å². The van der Waals surface area contributed by atoms with Crippen LogP contribution in [-0.2, 0) is 4.74 Å². The van der Waals surface area contributed by atoms with E-state index >= 15 is 0 Å². The zero-order valence-electron chi connectivity index (χ0n) is 15.1. The average Bonchev–Trinajstić information content (AvgIpc) is 2.99. The van der Waals surface area contributed by atoms with Gasteiger partial charge in [-0.15, -0.1) is 4.91 Å². The number of rotatable bonds is 7. The zero-order chi connectivity index (χ0) is 18.7. The fourth-order valence-corrected chi connectivity index (χ4v) is 2.97. The van der Waals surface area contributed by atoms with Gasteiger partial charge in [0, 0.05) is 24.6 Å². The van der Waals surface area contributed by atoms with Gasteiger partial charge in [0.05, 0.1) is 42.4 Å². The van der Waals surface area contributed by atoms with Crippen molar-refractivity contribution in [3.05, 3.63) is 34.7 Å². The van der Waals surface area contributed by atoms with Crippen LogP contribution in [0.1, 0.15) is 11.5 Å². The number of hydrogen-bond donors (Lipinski definition) is 1. The lowest BCUT2D eigenvalue weighted by Crippen LogP contribution is -2.08. The van der Waals surface area contributed by atoms with E-state index in [2.05, 4.69) is 20.6 Å². The number of hydrogen-bond acceptors (Lipinski definition) is 8. The average molecular weight is 356 g/mol. The minimum Gasteiger partial charge on any atom is -0.496 e. The third-order valence-electron chi connectivity index (χ3n) is 4.18. The summed E-state index contributed by atoms with van der Waals surface area (Å²) in [6, 6.07) is 3.74. The van der Waals surface area contributed by atoms with E-state index < -0.39 is 0 Å². The molecule has 8 nitrogen and oxygen atoms in total. The molecule has 1 aromatic carbocycles. The fraction of sp³-hybridized carbons (Fsp3) is 0.333. The summed E-state index contributed by atoms with van der Waals surface area (Å²) >= 11 is 0. The number of benzene rings is 1. The molecular weight excluding hydrogens is 336 g/mol. The van der Waals surface area contributed by atoms with Crippen molar-refractivity contribution in [1.82, 2.24) is 10.1 Å². The van der Waals surface area contributed by atoms with E-state index in [1.807, 2.05) is 26.0 Å². The van der Waals surface area contributed by atoms with Crippen molar-refractivity contribution in [1.29, 1.82) is 0 Å². The summed E-state index contributed by atoms with van der Waals surface area (Å²) in [5.41, 5.74) is 4.01. The van der Waals surface area contributed by atoms with E-state index in [9.17, 15) is 4.91 Å². The minimum absolute atomic E-state index is 0.237. The summed E-state index contributed by atoms with van der Waals surface area (Å²) in [6.07, 6.45) is 1.45. The molecule has 0 bridgehead atoms. The van der Waals surface area contributed by atoms with Crippen molar-refractivity contribution in [2.75, 3.05) is 32.7 Å². The normalized spacial score (nSPS) is 10.9. The lowest BCUT2D eigenvalue weighted by atomic mass is 10.00. The van der Waals surface area contributed by atoms with Gasteiger partial charge in [0.25, 0.3) is 0 Å². The van der Waals surface area contributed by atoms with Crippen molar-refractivity contribution in [3.63, 3.8) is 0 Å². The van der Waals surface area contributed by atoms with Gasteiger partial charge in [-0.1, -0.05) is 5.16 Å². The minimum atomic E-state index is 0.237. The molecule has 0 aliphatic rings. The van der Waals surface area contributed by atoms with E-state index in [0.29, 0.717) is 35.9 Å². The van der Waals surface area contributed by atoms with Crippen LogP contribution >= 0.6 is 0 Å². The number of anilines is 1. The summed E-state index contributed by atoms with van der Waals surface area (Å²) in [5.74, 6) is 1.33. The largest absolute Gasteiger partial charge is 0.496 e. The van der Waals surface area contributed by atoms with E-state index in [1.54, 1.807) is 14.2 Å². The smallest absolute Gasteiger partial charge is 0.149 e. The van der Waals surface area contributed by atoms with Crippen LogP contribution in [-0.4, -0.2) is 37.5 Å². The highest BCUT2D eigenvalue weighted by Crippen LogP contribution is 2.41. The Labute approximate surface area is 150 Å². The number of aryl methyl sites for hydroxylation is 2. The molecule has 2 aromatic heterocycles. The number of aromatic nitrogens is 2. The topological polar surface area (TPSA) is 98.8 Å². The van der Waals surface area contributed by atoms with Crippen molar-refractivity contribution in [2.45, 2.75) is 13.8 Å². The van der Waals surface area contributed by atoms with Gasteiger partial charge in [-0.25, -0.2) is 0 Å². The van der Waals surface area contributed by atoms with Crippen LogP contribution in [0, 0.1) is 18.8 Å². The molecule has 0 amide bonds. The fourth-order valence-electron chi connectivity index (χ4n) is 2.97. The van der Waals surface area contributed by atoms with Crippen LogP contribution in [0.25, 0.3) is 22.0 Å². The summed E-state index contributed by atoms with van der Waals surface area (Å²) < 4.78 is 15.9. The van der Waals surface area contributed by atoms with Gasteiger partial charge >= 0.3 is 0 Å². The first-order valence-corrected chi connectivity index (χ1v) is 8.10. The summed E-state index contributed by atoms with van der Waals surface area (Å²) in [4.78, 5) is 15.6. The molecular formula is C18H20N4O4. The third kappa shape index (κ3) is 3.11. The predicted octanol–water partition coefficient (Wildman–Crippen LogP) is 3.97. The second kappa shape index (κ2) is 7.49. The third-order valence-corrected chi connectivity index (χ3v) is 4.18.